The number of benzene rings is 2. The first-order valence-corrected chi connectivity index (χ1v) is 6.51. The fourth-order valence-corrected chi connectivity index (χ4v) is 1.02. The summed E-state index contributed by atoms with van der Waals surface area (Å²) in [6.07, 6.45) is -7.97. The van der Waals surface area contributed by atoms with E-state index in [2.05, 4.69) is 14.2 Å². The number of phenols is 1. The third-order valence-corrected chi connectivity index (χ3v) is 1.95. The molecule has 0 bridgehead atoms. The third-order valence-electron chi connectivity index (χ3n) is 1.95. The summed E-state index contributed by atoms with van der Waals surface area (Å²) in [5.41, 5.74) is -1.90. The van der Waals surface area contributed by atoms with Gasteiger partial charge in [0.15, 0.2) is 0 Å². The second-order valence-corrected chi connectivity index (χ2v) is 3.84. The maximum atomic E-state index is 10.9. The van der Waals surface area contributed by atoms with Crippen LogP contribution in [-0.2, 0) is 31.8 Å². The van der Waals surface area contributed by atoms with Gasteiger partial charge < -0.3 is 29.5 Å². The van der Waals surface area contributed by atoms with E-state index in [1.54, 1.807) is 0 Å². The van der Waals surface area contributed by atoms with Crippen molar-refractivity contribution >= 4 is 18.1 Å². The number of methoxy groups -OCH3 is 3. The number of ether oxygens (including phenoxy) is 3. The van der Waals surface area contributed by atoms with Gasteiger partial charge >= 0.3 is 18.1 Å². The Bertz CT molecular complexity index is 1540. The quantitative estimate of drug-likeness (QED) is 0.612. The van der Waals surface area contributed by atoms with Gasteiger partial charge in [-0.05, 0) is 35.3 Å². The molecular weight excluding hydrogens is 384 g/mol. The molecule has 3 N–H and O–H groups in total. The summed E-state index contributed by atoms with van der Waals surface area (Å²) < 4.78 is 159. The van der Waals surface area contributed by atoms with Crippen LogP contribution in [0.4, 0.5) is 4.79 Å². The summed E-state index contributed by atoms with van der Waals surface area (Å²) in [7, 11) is -9.00. The average Bonchev–Trinajstić information content (AvgIpc) is 2.90. The zero-order chi connectivity index (χ0) is 40.3. The Labute approximate surface area is 197 Å². The number of carbonyl (C=O) groups is 3. The molecule has 2 aromatic rings. The Morgan fingerprint density at radius 1 is 0.862 bits per heavy atom. The molecule has 0 spiro atoms. The summed E-state index contributed by atoms with van der Waals surface area (Å²) in [6.45, 7) is 0. The molecule has 0 unspecified atom stereocenters. The molecule has 158 valence electrons. The van der Waals surface area contributed by atoms with Gasteiger partial charge in [0.2, 0.25) is 0 Å². The van der Waals surface area contributed by atoms with Gasteiger partial charge in [0.1, 0.15) is 11.5 Å². The molecule has 0 fully saturated rings. The van der Waals surface area contributed by atoms with Crippen molar-refractivity contribution in [2.45, 2.75) is 12.7 Å². The summed E-state index contributed by atoms with van der Waals surface area (Å²) >= 11 is 0. The summed E-state index contributed by atoms with van der Waals surface area (Å²) in [6, 6.07) is -7.51. The minimum absolute atomic E-state index is 0.869. The van der Waals surface area contributed by atoms with Crippen molar-refractivity contribution in [3.05, 3.63) is 59.5 Å². The molecule has 0 aliphatic rings. The zero-order valence-corrected chi connectivity index (χ0v) is 13.8. The monoisotopic (exact) mass is 429 g/mol. The molecule has 0 saturated carbocycles. The first-order valence-electron chi connectivity index (χ1n) is 17.0. The molecule has 0 heterocycles. The Kier molecular flexibility index (Phi) is 3.58. The summed E-state index contributed by atoms with van der Waals surface area (Å²) in [4.78, 5) is 31.9. The van der Waals surface area contributed by atoms with E-state index < -0.39 is 123 Å². The molecule has 0 saturated heterocycles. The van der Waals surface area contributed by atoms with E-state index in [0.717, 1.165) is 0 Å². The van der Waals surface area contributed by atoms with Gasteiger partial charge in [-0.1, -0.05) is 24.2 Å². The van der Waals surface area contributed by atoms with Crippen LogP contribution in [0.25, 0.3) is 0 Å². The second-order valence-electron chi connectivity index (χ2n) is 3.84. The number of carboxylic acids is 2. The average molecular weight is 430 g/mol. The van der Waals surface area contributed by atoms with Crippen LogP contribution in [0.5, 0.6) is 11.5 Å². The van der Waals surface area contributed by atoms with Crippen LogP contribution in [0.1, 0.15) is 39.9 Å². The molecule has 0 aliphatic heterocycles. The van der Waals surface area contributed by atoms with Crippen LogP contribution >= 0.6 is 0 Å². The molecule has 9 heteroatoms. The number of hydrogen-bond donors (Lipinski definition) is 3. The Balaban J connectivity index is 0.000000749. The molecule has 0 atom stereocenters. The van der Waals surface area contributed by atoms with Crippen LogP contribution in [0.3, 0.4) is 0 Å². The second kappa shape index (κ2) is 14.3. The lowest BCUT2D eigenvalue weighted by atomic mass is 10.1. The van der Waals surface area contributed by atoms with E-state index in [1.807, 2.05) is 0 Å². The first-order chi connectivity index (χ1) is 22.0. The number of aromatic hydroxyl groups is 1. The van der Waals surface area contributed by atoms with Crippen molar-refractivity contribution in [2.24, 2.45) is 0 Å². The summed E-state index contributed by atoms with van der Waals surface area (Å²) in [5, 5.41) is 26.7. The van der Waals surface area contributed by atoms with Crippen LogP contribution in [0.2, 0.25) is 0 Å². The molecule has 29 heavy (non-hydrogen) atoms. The van der Waals surface area contributed by atoms with Crippen LogP contribution < -0.4 is 4.74 Å². The Morgan fingerprint density at radius 2 is 1.31 bits per heavy atom. The fraction of sp³-hybridized carbons (Fsp3) is 0.250. The van der Waals surface area contributed by atoms with Crippen molar-refractivity contribution < 1.29 is 72.7 Å². The van der Waals surface area contributed by atoms with Crippen molar-refractivity contribution in [2.75, 3.05) is 21.1 Å². The van der Waals surface area contributed by atoms with Gasteiger partial charge in [0.25, 0.3) is 0 Å². The fourth-order valence-electron chi connectivity index (χ4n) is 1.02. The highest BCUT2D eigenvalue weighted by atomic mass is 16.7. The zero-order valence-electron chi connectivity index (χ0n) is 34.8. The van der Waals surface area contributed by atoms with E-state index in [0.29, 0.717) is 0 Å². The maximum absolute atomic E-state index is 10.9. The number of carboxylic acid groups (broad SMARTS) is 2. The normalized spacial score (nSPS) is 21.7. The van der Waals surface area contributed by atoms with Crippen molar-refractivity contribution in [1.82, 2.24) is 0 Å². The highest BCUT2D eigenvalue weighted by Gasteiger charge is 1.99. The topological polar surface area (TPSA) is 140 Å². The lowest BCUT2D eigenvalue weighted by molar-refractivity contribution is -0.137. The molecule has 2 aromatic carbocycles. The number of rotatable bonds is 5. The minimum atomic E-state index is -3.17. The highest BCUT2D eigenvalue weighted by Crippen LogP contribution is 2.11. The van der Waals surface area contributed by atoms with E-state index in [4.69, 9.17) is 39.0 Å². The molecule has 0 amide bonds. The highest BCUT2D eigenvalue weighted by molar-refractivity contribution is 5.70. The van der Waals surface area contributed by atoms with E-state index in [9.17, 15) is 19.5 Å². The SMILES string of the molecule is [2H]C([2H])([2H])OC(=O)OC([2H])([2H])[2H].[2H]c1c([2H])c(C([2H])([2H])C(=O)O)c([2H])c([2H])c1O.[2H]c1c([2H])c(C([2H])([2H])C(=O)O)c([2H])c([2H])c1OC([2H])([2H])[2H]. The van der Waals surface area contributed by atoms with E-state index in [-0.39, 0.29) is 0 Å². The Hall–Kier alpha value is -3.75. The van der Waals surface area contributed by atoms with Crippen molar-refractivity contribution in [3.63, 3.8) is 0 Å². The van der Waals surface area contributed by atoms with Crippen LogP contribution in [0, 0.1) is 0 Å². The van der Waals surface area contributed by atoms with Gasteiger partial charge in [0, 0.05) is 5.48 Å². The van der Waals surface area contributed by atoms with Crippen molar-refractivity contribution in [1.29, 1.82) is 0 Å². The van der Waals surface area contributed by atoms with E-state index >= 15 is 0 Å². The smallest absolute Gasteiger partial charge is 0.507 e. The Morgan fingerprint density at radius 3 is 1.69 bits per heavy atom. The lowest BCUT2D eigenvalue weighted by Crippen LogP contribution is -1.99. The maximum Gasteiger partial charge on any atom is 0.507 e. The van der Waals surface area contributed by atoms with Crippen LogP contribution in [0.15, 0.2) is 48.3 Å². The number of aliphatic carboxylic acids is 2. The predicted molar refractivity (Wildman–Crippen MR) is 103 cm³/mol. The third kappa shape index (κ3) is 13.1. The molecule has 9 nitrogen and oxygen atoms in total. The largest absolute Gasteiger partial charge is 0.508 e. The first kappa shape index (κ1) is 7.25. The van der Waals surface area contributed by atoms with E-state index in [1.165, 1.54) is 0 Å². The van der Waals surface area contributed by atoms with Gasteiger partial charge in [-0.3, -0.25) is 9.59 Å². The standard InChI is InChI=1S/C9H10O3.C8H8O3.C3H6O3/c1-12-8-4-2-7(3-5-8)6-9(10)11;9-7-3-1-6(2-4-7)5-8(10)11;1-5-3(4)6-2/h2-5H,6H2,1H3,(H,10,11);1-4,9H,5H2,(H,10,11);1-2H3/i1D3,2D,3D,4D,5D,6D2;1D,2D,3D,4D,5D2;1D3,2D3. The molecule has 0 aromatic heterocycles. The lowest BCUT2D eigenvalue weighted by Gasteiger charge is -1.99. The van der Waals surface area contributed by atoms with Gasteiger partial charge in [-0.25, -0.2) is 4.79 Å². The predicted octanol–water partition coefficient (Wildman–Crippen LogP) is 2.74. The molecular formula is C20H24O9. The van der Waals surface area contributed by atoms with Crippen LogP contribution in [-0.4, -0.2) is 54.5 Å². The van der Waals surface area contributed by atoms with Crippen molar-refractivity contribution in [3.8, 4) is 11.5 Å². The number of hydrogen-bond acceptors (Lipinski definition) is 7. The molecule has 0 aliphatic carbocycles. The number of carbonyl (C=O) groups excluding carboxylic acids is 1. The molecule has 0 radical (unpaired) electrons. The minimum Gasteiger partial charge on any atom is -0.508 e. The van der Waals surface area contributed by atoms with Gasteiger partial charge in [-0.2, -0.15) is 0 Å². The van der Waals surface area contributed by atoms with Gasteiger partial charge in [-0.15, -0.1) is 0 Å². The molecule has 2 rings (SSSR count). The number of phenolic OH excluding ortho intramolecular Hbond substituents is 1. The summed E-state index contributed by atoms with van der Waals surface area (Å²) in [5.74, 6) is -5.75. The van der Waals surface area contributed by atoms with Gasteiger partial charge in [0.05, 0.1) is 57.2 Å².